The lowest BCUT2D eigenvalue weighted by molar-refractivity contribution is 0.0662. The first-order valence-electron chi connectivity index (χ1n) is 10.3. The number of allylic oxidation sites excluding steroid dienone is 2. The van der Waals surface area contributed by atoms with Crippen LogP contribution in [0.1, 0.15) is 25.8 Å². The number of hydrogen-bond donors (Lipinski definition) is 2. The third kappa shape index (κ3) is 4.46. The van der Waals surface area contributed by atoms with Crippen molar-refractivity contribution in [1.82, 2.24) is 19.7 Å². The van der Waals surface area contributed by atoms with E-state index in [9.17, 15) is 0 Å². The molecule has 0 unspecified atom stereocenters. The van der Waals surface area contributed by atoms with Gasteiger partial charge in [-0.2, -0.15) is 5.10 Å². The molecule has 3 N–H and O–H groups in total. The SMILES string of the molecule is C=C1C=CC(CNc2nc(-c3cnn(C4CCOCC4)c3)ccc2N)=CN1/C=C\C. The van der Waals surface area contributed by atoms with E-state index in [1.54, 1.807) is 0 Å². The minimum Gasteiger partial charge on any atom is -0.396 e. The Morgan fingerprint density at radius 3 is 2.93 bits per heavy atom. The predicted molar refractivity (Wildman–Crippen MR) is 120 cm³/mol. The summed E-state index contributed by atoms with van der Waals surface area (Å²) in [7, 11) is 0. The van der Waals surface area contributed by atoms with Crippen LogP contribution in [0.5, 0.6) is 0 Å². The van der Waals surface area contributed by atoms with Crippen molar-refractivity contribution in [3.8, 4) is 11.3 Å². The number of ether oxygens (including phenoxy) is 1. The van der Waals surface area contributed by atoms with Crippen LogP contribution in [-0.2, 0) is 4.74 Å². The molecule has 4 heterocycles. The van der Waals surface area contributed by atoms with Crippen LogP contribution in [-0.4, -0.2) is 39.4 Å². The molecule has 0 saturated carbocycles. The van der Waals surface area contributed by atoms with Gasteiger partial charge in [-0.1, -0.05) is 18.7 Å². The summed E-state index contributed by atoms with van der Waals surface area (Å²) in [5.41, 5.74) is 10.7. The molecule has 0 aliphatic carbocycles. The van der Waals surface area contributed by atoms with Gasteiger partial charge in [-0.3, -0.25) is 4.68 Å². The van der Waals surface area contributed by atoms with E-state index >= 15 is 0 Å². The highest BCUT2D eigenvalue weighted by Gasteiger charge is 2.17. The van der Waals surface area contributed by atoms with Gasteiger partial charge in [0.05, 0.1) is 23.6 Å². The maximum Gasteiger partial charge on any atom is 0.150 e. The summed E-state index contributed by atoms with van der Waals surface area (Å²) in [5.74, 6) is 0.669. The molecular weight excluding hydrogens is 376 g/mol. The summed E-state index contributed by atoms with van der Waals surface area (Å²) in [6.07, 6.45) is 16.0. The van der Waals surface area contributed by atoms with Crippen LogP contribution in [0.4, 0.5) is 11.5 Å². The molecule has 0 spiro atoms. The quantitative estimate of drug-likeness (QED) is 0.755. The molecule has 156 valence electrons. The smallest absolute Gasteiger partial charge is 0.150 e. The van der Waals surface area contributed by atoms with Gasteiger partial charge in [-0.25, -0.2) is 4.98 Å². The minimum absolute atomic E-state index is 0.388. The van der Waals surface area contributed by atoms with Gasteiger partial charge in [0, 0.05) is 49.6 Å². The number of nitrogens with two attached hydrogens (primary N) is 1. The highest BCUT2D eigenvalue weighted by atomic mass is 16.5. The van der Waals surface area contributed by atoms with Crippen LogP contribution < -0.4 is 11.1 Å². The second-order valence-corrected chi connectivity index (χ2v) is 7.46. The number of aromatic nitrogens is 3. The van der Waals surface area contributed by atoms with Crippen LogP contribution in [0.3, 0.4) is 0 Å². The molecular formula is C23H28N6O. The van der Waals surface area contributed by atoms with E-state index in [1.807, 2.05) is 65.5 Å². The van der Waals surface area contributed by atoms with Gasteiger partial charge in [-0.15, -0.1) is 0 Å². The van der Waals surface area contributed by atoms with E-state index in [0.29, 0.717) is 24.1 Å². The molecule has 0 radical (unpaired) electrons. The Labute approximate surface area is 177 Å². The van der Waals surface area contributed by atoms with Crippen LogP contribution in [0.2, 0.25) is 0 Å². The summed E-state index contributed by atoms with van der Waals surface area (Å²) in [4.78, 5) is 6.74. The first-order chi connectivity index (χ1) is 14.6. The van der Waals surface area contributed by atoms with Crippen LogP contribution in [0.15, 0.2) is 73.0 Å². The molecule has 1 fully saturated rings. The number of pyridine rings is 1. The Balaban J connectivity index is 1.47. The van der Waals surface area contributed by atoms with Crippen molar-refractivity contribution in [3.63, 3.8) is 0 Å². The predicted octanol–water partition coefficient (Wildman–Crippen LogP) is 4.09. The van der Waals surface area contributed by atoms with Gasteiger partial charge in [0.2, 0.25) is 0 Å². The second kappa shape index (κ2) is 9.00. The first-order valence-corrected chi connectivity index (χ1v) is 10.3. The summed E-state index contributed by atoms with van der Waals surface area (Å²) < 4.78 is 7.48. The van der Waals surface area contributed by atoms with E-state index in [0.717, 1.165) is 48.6 Å². The molecule has 0 aromatic carbocycles. The molecule has 2 aliphatic rings. The van der Waals surface area contributed by atoms with Crippen LogP contribution in [0.25, 0.3) is 11.3 Å². The van der Waals surface area contributed by atoms with Crippen molar-refractivity contribution < 1.29 is 4.74 Å². The van der Waals surface area contributed by atoms with E-state index < -0.39 is 0 Å². The second-order valence-electron chi connectivity index (χ2n) is 7.46. The first kappa shape index (κ1) is 20.0. The molecule has 2 aromatic heterocycles. The van der Waals surface area contributed by atoms with E-state index in [-0.39, 0.29) is 0 Å². The Bertz CT molecular complexity index is 997. The van der Waals surface area contributed by atoms with Crippen molar-refractivity contribution in [3.05, 3.63) is 73.0 Å². The van der Waals surface area contributed by atoms with Gasteiger partial charge in [0.15, 0.2) is 0 Å². The zero-order valence-corrected chi connectivity index (χ0v) is 17.3. The molecule has 0 atom stereocenters. The summed E-state index contributed by atoms with van der Waals surface area (Å²) in [6, 6.07) is 4.21. The molecule has 2 aliphatic heterocycles. The Morgan fingerprint density at radius 2 is 2.13 bits per heavy atom. The topological polar surface area (TPSA) is 81.2 Å². The third-order valence-electron chi connectivity index (χ3n) is 5.28. The number of nitrogen functional groups attached to an aromatic ring is 1. The van der Waals surface area contributed by atoms with Crippen molar-refractivity contribution in [2.75, 3.05) is 30.8 Å². The highest BCUT2D eigenvalue weighted by Crippen LogP contribution is 2.26. The Kier molecular flexibility index (Phi) is 5.99. The van der Waals surface area contributed by atoms with Crippen molar-refractivity contribution in [2.24, 2.45) is 0 Å². The van der Waals surface area contributed by atoms with Crippen molar-refractivity contribution in [2.45, 2.75) is 25.8 Å². The average Bonchev–Trinajstić information content (AvgIpc) is 3.26. The normalized spacial score (nSPS) is 17.6. The zero-order valence-electron chi connectivity index (χ0n) is 17.3. The fraction of sp³-hybridized carbons (Fsp3) is 0.304. The maximum atomic E-state index is 6.17. The average molecular weight is 405 g/mol. The van der Waals surface area contributed by atoms with Crippen LogP contribution >= 0.6 is 0 Å². The lowest BCUT2D eigenvalue weighted by atomic mass is 10.1. The molecule has 4 rings (SSSR count). The number of anilines is 2. The number of rotatable bonds is 6. The molecule has 0 amide bonds. The molecule has 2 aromatic rings. The fourth-order valence-corrected chi connectivity index (χ4v) is 3.58. The summed E-state index contributed by atoms with van der Waals surface area (Å²) in [5, 5.41) is 7.91. The van der Waals surface area contributed by atoms with Gasteiger partial charge < -0.3 is 20.7 Å². The maximum absolute atomic E-state index is 6.17. The number of hydrogen-bond acceptors (Lipinski definition) is 6. The van der Waals surface area contributed by atoms with Gasteiger partial charge >= 0.3 is 0 Å². The summed E-state index contributed by atoms with van der Waals surface area (Å²) >= 11 is 0. The van der Waals surface area contributed by atoms with Gasteiger partial charge in [-0.05, 0) is 43.5 Å². The highest BCUT2D eigenvalue weighted by molar-refractivity contribution is 5.68. The standard InChI is InChI=1S/C23H28N6O/c1-3-10-28-15-18(5-4-17(28)2)13-25-23-21(24)6-7-22(27-23)19-14-26-29(16-19)20-8-11-30-12-9-20/h3-7,10,14-16,20H,2,8-9,11-13,24H2,1H3,(H,25,27)/b10-3-. The molecule has 7 heteroatoms. The molecule has 7 nitrogen and oxygen atoms in total. The largest absolute Gasteiger partial charge is 0.396 e. The minimum atomic E-state index is 0.388. The van der Waals surface area contributed by atoms with E-state index in [4.69, 9.17) is 15.5 Å². The van der Waals surface area contributed by atoms with Crippen LogP contribution in [0, 0.1) is 0 Å². The number of nitrogens with zero attached hydrogens (tertiary/aromatic N) is 4. The van der Waals surface area contributed by atoms with E-state index in [1.165, 1.54) is 0 Å². The molecule has 30 heavy (non-hydrogen) atoms. The van der Waals surface area contributed by atoms with Crippen molar-refractivity contribution >= 4 is 11.5 Å². The molecule has 1 saturated heterocycles. The monoisotopic (exact) mass is 404 g/mol. The van der Waals surface area contributed by atoms with Gasteiger partial charge in [0.1, 0.15) is 5.82 Å². The zero-order chi connectivity index (χ0) is 20.9. The van der Waals surface area contributed by atoms with Gasteiger partial charge in [0.25, 0.3) is 0 Å². The molecule has 0 bridgehead atoms. The third-order valence-corrected chi connectivity index (χ3v) is 5.28. The van der Waals surface area contributed by atoms with E-state index in [2.05, 4.69) is 23.2 Å². The number of nitrogens with one attached hydrogen (secondary N) is 1. The lowest BCUT2D eigenvalue weighted by Gasteiger charge is -2.22. The fourth-order valence-electron chi connectivity index (χ4n) is 3.58. The summed E-state index contributed by atoms with van der Waals surface area (Å²) in [6.45, 7) is 8.21. The Morgan fingerprint density at radius 1 is 1.30 bits per heavy atom. The lowest BCUT2D eigenvalue weighted by Crippen LogP contribution is -2.19. The Hall–Kier alpha value is -3.32. The van der Waals surface area contributed by atoms with Crippen molar-refractivity contribution in [1.29, 1.82) is 0 Å².